The van der Waals surface area contributed by atoms with Crippen molar-refractivity contribution < 1.29 is 22.7 Å². The maximum absolute atomic E-state index is 13.2. The molecule has 3 rings (SSSR count). The molecular weight excluding hydrogens is 433 g/mol. The van der Waals surface area contributed by atoms with Crippen molar-refractivity contribution in [1.29, 1.82) is 5.26 Å². The topological polar surface area (TPSA) is 68.6 Å². The van der Waals surface area contributed by atoms with Crippen LogP contribution in [-0.2, 0) is 15.7 Å². The summed E-state index contributed by atoms with van der Waals surface area (Å²) in [5, 5.41) is 12.2. The molecule has 1 aliphatic carbocycles. The van der Waals surface area contributed by atoms with E-state index in [1.165, 1.54) is 6.07 Å². The lowest BCUT2D eigenvalue weighted by Gasteiger charge is -2.37. The van der Waals surface area contributed by atoms with Gasteiger partial charge in [0.1, 0.15) is 6.61 Å². The lowest BCUT2D eigenvalue weighted by Crippen LogP contribution is -2.47. The highest BCUT2D eigenvalue weighted by atomic mass is 19.4. The summed E-state index contributed by atoms with van der Waals surface area (Å²) in [6.07, 6.45) is 0.817. The first-order chi connectivity index (χ1) is 15.8. The lowest BCUT2D eigenvalue weighted by atomic mass is 9.84. The number of carbonyl (C=O) groups is 1. The average Bonchev–Trinajstić information content (AvgIpc) is 2.81. The highest BCUT2D eigenvalue weighted by Gasteiger charge is 2.32. The van der Waals surface area contributed by atoms with Crippen molar-refractivity contribution in [3.8, 4) is 6.07 Å². The van der Waals surface area contributed by atoms with Gasteiger partial charge in [-0.3, -0.25) is 9.69 Å². The highest BCUT2D eigenvalue weighted by molar-refractivity contribution is 5.77. The summed E-state index contributed by atoms with van der Waals surface area (Å²) in [5.41, 5.74) is -0.277. The van der Waals surface area contributed by atoms with Crippen LogP contribution in [0.25, 0.3) is 0 Å². The summed E-state index contributed by atoms with van der Waals surface area (Å²) in [6, 6.07) is 5.66. The van der Waals surface area contributed by atoms with Crippen molar-refractivity contribution in [2.75, 3.05) is 50.8 Å². The minimum atomic E-state index is -4.46. The normalized spacial score (nSPS) is 22.1. The Morgan fingerprint density at radius 1 is 1.15 bits per heavy atom. The van der Waals surface area contributed by atoms with Crippen molar-refractivity contribution in [2.45, 2.75) is 51.2 Å². The zero-order valence-corrected chi connectivity index (χ0v) is 19.2. The first-order valence-electron chi connectivity index (χ1n) is 11.7. The van der Waals surface area contributed by atoms with Gasteiger partial charge in [-0.25, -0.2) is 0 Å². The van der Waals surface area contributed by atoms with Crippen LogP contribution in [0.15, 0.2) is 18.2 Å². The van der Waals surface area contributed by atoms with Crippen LogP contribution in [0.4, 0.5) is 18.9 Å². The molecule has 6 nitrogen and oxygen atoms in total. The summed E-state index contributed by atoms with van der Waals surface area (Å²) < 4.78 is 44.6. The number of ether oxygens (including phenoxy) is 1. The van der Waals surface area contributed by atoms with Crippen LogP contribution in [0.3, 0.4) is 0 Å². The second-order valence-corrected chi connectivity index (χ2v) is 8.92. The molecule has 1 amide bonds. The molecule has 1 N–H and O–H groups in total. The van der Waals surface area contributed by atoms with Gasteiger partial charge < -0.3 is 15.0 Å². The van der Waals surface area contributed by atoms with Crippen LogP contribution in [0.1, 0.15) is 50.2 Å². The van der Waals surface area contributed by atoms with Gasteiger partial charge in [-0.1, -0.05) is 0 Å². The van der Waals surface area contributed by atoms with Gasteiger partial charge in [0.05, 0.1) is 17.2 Å². The maximum Gasteiger partial charge on any atom is 0.416 e. The quantitative estimate of drug-likeness (QED) is 0.631. The molecule has 2 fully saturated rings. The Kier molecular flexibility index (Phi) is 8.98. The summed E-state index contributed by atoms with van der Waals surface area (Å²) in [4.78, 5) is 16.1. The van der Waals surface area contributed by atoms with Gasteiger partial charge >= 0.3 is 6.18 Å². The molecule has 0 atom stereocenters. The molecule has 0 spiro atoms. The number of piperazine rings is 1. The third-order valence-electron chi connectivity index (χ3n) is 6.61. The number of hydrogen-bond acceptors (Lipinski definition) is 5. The van der Waals surface area contributed by atoms with E-state index < -0.39 is 11.7 Å². The van der Waals surface area contributed by atoms with E-state index in [1.807, 2.05) is 17.9 Å². The van der Waals surface area contributed by atoms with E-state index in [2.05, 4.69) is 10.2 Å². The van der Waals surface area contributed by atoms with Crippen LogP contribution < -0.4 is 10.2 Å². The zero-order valence-electron chi connectivity index (χ0n) is 19.2. The molecule has 9 heteroatoms. The fraction of sp³-hybridized carbons (Fsp3) is 0.667. The standard InChI is InChI=1S/C24H33F3N4O2/c1-2-33-17-23(32)29-21-5-3-18(4-6-21)7-8-30-9-11-31(12-10-30)22-14-19(16-28)13-20(15-22)24(25,26)27/h13-15,18,21H,2-12,17H2,1H3,(H,29,32)/t18-,21-. The average molecular weight is 467 g/mol. The van der Waals surface area contributed by atoms with Crippen molar-refractivity contribution in [3.63, 3.8) is 0 Å². The van der Waals surface area contributed by atoms with Crippen LogP contribution in [0.2, 0.25) is 0 Å². The predicted octanol–water partition coefficient (Wildman–Crippen LogP) is 3.80. The first kappa shape index (κ1) is 25.3. The van der Waals surface area contributed by atoms with Gasteiger partial charge in [-0.2, -0.15) is 18.4 Å². The SMILES string of the molecule is CCOCC(=O)N[C@H]1CC[C@H](CCN2CCN(c3cc(C#N)cc(C(F)(F)F)c3)CC2)CC1. The Hall–Kier alpha value is -2.31. The van der Waals surface area contributed by atoms with Gasteiger partial charge in [-0.15, -0.1) is 0 Å². The first-order valence-corrected chi connectivity index (χ1v) is 11.7. The number of nitrogens with one attached hydrogen (secondary N) is 1. The number of benzene rings is 1. The second-order valence-electron chi connectivity index (χ2n) is 8.92. The number of anilines is 1. The van der Waals surface area contributed by atoms with Crippen molar-refractivity contribution in [2.24, 2.45) is 5.92 Å². The van der Waals surface area contributed by atoms with Crippen molar-refractivity contribution in [1.82, 2.24) is 10.2 Å². The predicted molar refractivity (Wildman–Crippen MR) is 120 cm³/mol. The molecular formula is C24H33F3N4O2. The van der Waals surface area contributed by atoms with Gasteiger partial charge in [0.25, 0.3) is 0 Å². The third kappa shape index (κ3) is 7.61. The smallest absolute Gasteiger partial charge is 0.372 e. The van der Waals surface area contributed by atoms with Crippen molar-refractivity contribution >= 4 is 11.6 Å². The molecule has 2 aliphatic rings. The molecule has 0 aromatic heterocycles. The molecule has 1 aliphatic heterocycles. The van der Waals surface area contributed by atoms with Gasteiger partial charge in [-0.05, 0) is 69.7 Å². The van der Waals surface area contributed by atoms with Crippen LogP contribution in [0, 0.1) is 17.2 Å². The van der Waals surface area contributed by atoms with E-state index in [0.717, 1.165) is 63.9 Å². The van der Waals surface area contributed by atoms with Gasteiger partial charge in [0, 0.05) is 44.5 Å². The van der Waals surface area contributed by atoms with Crippen LogP contribution in [-0.4, -0.2) is 62.8 Å². The molecule has 1 saturated carbocycles. The van der Waals surface area contributed by atoms with E-state index in [0.29, 0.717) is 31.3 Å². The monoisotopic (exact) mass is 466 g/mol. The molecule has 1 heterocycles. The lowest BCUT2D eigenvalue weighted by molar-refractivity contribution is -0.137. The second kappa shape index (κ2) is 11.7. The van der Waals surface area contributed by atoms with Gasteiger partial charge in [0.2, 0.25) is 5.91 Å². The summed E-state index contributed by atoms with van der Waals surface area (Å²) in [7, 11) is 0. The molecule has 1 aromatic carbocycles. The minimum absolute atomic E-state index is 0.0342. The number of carbonyl (C=O) groups excluding carboxylic acids is 1. The van der Waals surface area contributed by atoms with E-state index in [-0.39, 0.29) is 24.1 Å². The van der Waals surface area contributed by atoms with E-state index in [1.54, 1.807) is 0 Å². The molecule has 0 bridgehead atoms. The zero-order chi connectivity index (χ0) is 23.8. The fourth-order valence-electron chi connectivity index (χ4n) is 4.68. The number of hydrogen-bond donors (Lipinski definition) is 1. The number of rotatable bonds is 8. The Bertz CT molecular complexity index is 824. The number of alkyl halides is 3. The molecule has 0 radical (unpaired) electrons. The number of halogens is 3. The van der Waals surface area contributed by atoms with Crippen LogP contribution in [0.5, 0.6) is 0 Å². The number of amides is 1. The molecule has 1 aromatic rings. The van der Waals surface area contributed by atoms with E-state index >= 15 is 0 Å². The molecule has 182 valence electrons. The van der Waals surface area contributed by atoms with Gasteiger partial charge in [0.15, 0.2) is 0 Å². The fourth-order valence-corrected chi connectivity index (χ4v) is 4.68. The maximum atomic E-state index is 13.2. The molecule has 0 unspecified atom stereocenters. The van der Waals surface area contributed by atoms with Crippen molar-refractivity contribution in [3.05, 3.63) is 29.3 Å². The Morgan fingerprint density at radius 2 is 1.85 bits per heavy atom. The van der Waals surface area contributed by atoms with Crippen LogP contribution >= 0.6 is 0 Å². The highest BCUT2D eigenvalue weighted by Crippen LogP contribution is 2.33. The number of nitriles is 1. The summed E-state index contributed by atoms with van der Waals surface area (Å²) >= 11 is 0. The third-order valence-corrected chi connectivity index (χ3v) is 6.61. The van der Waals surface area contributed by atoms with E-state index in [9.17, 15) is 18.0 Å². The number of nitrogens with zero attached hydrogens (tertiary/aromatic N) is 3. The van der Waals surface area contributed by atoms with E-state index in [4.69, 9.17) is 10.00 Å². The molecule has 1 saturated heterocycles. The minimum Gasteiger partial charge on any atom is -0.372 e. The summed E-state index contributed by atoms with van der Waals surface area (Å²) in [6.45, 7) is 6.38. The summed E-state index contributed by atoms with van der Waals surface area (Å²) in [5.74, 6) is 0.602. The molecule has 33 heavy (non-hydrogen) atoms. The Balaban J connectivity index is 1.40. The Morgan fingerprint density at radius 3 is 2.45 bits per heavy atom. The Labute approximate surface area is 193 Å². The largest absolute Gasteiger partial charge is 0.416 e.